The van der Waals surface area contributed by atoms with Crippen LogP contribution in [-0.4, -0.2) is 36.6 Å². The Morgan fingerprint density at radius 2 is 1.94 bits per heavy atom. The number of carbonyl (C=O) groups is 1. The van der Waals surface area contributed by atoms with Crippen molar-refractivity contribution in [3.63, 3.8) is 0 Å². The lowest BCUT2D eigenvalue weighted by molar-refractivity contribution is 0.0526. The van der Waals surface area contributed by atoms with Crippen molar-refractivity contribution < 1.29 is 9.53 Å². The number of likely N-dealkylation sites (tertiary alicyclic amines) is 1. The fourth-order valence-electron chi connectivity index (χ4n) is 2.57. The van der Waals surface area contributed by atoms with E-state index < -0.39 is 0 Å². The molecule has 0 N–H and O–H groups in total. The lowest BCUT2D eigenvalue weighted by Gasteiger charge is -2.39. The SMILES string of the molecule is CCOC(=O)c1ccc(C2CN(C3CC3)C2)cc1. The van der Waals surface area contributed by atoms with Crippen LogP contribution in [0.3, 0.4) is 0 Å². The molecule has 2 fully saturated rings. The summed E-state index contributed by atoms with van der Waals surface area (Å²) in [6.45, 7) is 4.62. The summed E-state index contributed by atoms with van der Waals surface area (Å²) in [7, 11) is 0. The topological polar surface area (TPSA) is 29.5 Å². The first-order valence-corrected chi connectivity index (χ1v) is 6.79. The van der Waals surface area contributed by atoms with Gasteiger partial charge in [-0.25, -0.2) is 4.79 Å². The highest BCUT2D eigenvalue weighted by atomic mass is 16.5. The summed E-state index contributed by atoms with van der Waals surface area (Å²) in [5, 5.41) is 0. The molecule has 1 heterocycles. The van der Waals surface area contributed by atoms with Crippen molar-refractivity contribution in [2.24, 2.45) is 0 Å². The van der Waals surface area contributed by atoms with Crippen LogP contribution in [0.15, 0.2) is 24.3 Å². The summed E-state index contributed by atoms with van der Waals surface area (Å²) >= 11 is 0. The summed E-state index contributed by atoms with van der Waals surface area (Å²) in [5.41, 5.74) is 2.00. The van der Waals surface area contributed by atoms with Crippen LogP contribution in [0.2, 0.25) is 0 Å². The van der Waals surface area contributed by atoms with Crippen molar-refractivity contribution >= 4 is 5.97 Å². The molecule has 1 saturated carbocycles. The van der Waals surface area contributed by atoms with Gasteiger partial charge in [0, 0.05) is 25.0 Å². The van der Waals surface area contributed by atoms with Crippen LogP contribution in [0, 0.1) is 0 Å². The lowest BCUT2D eigenvalue weighted by atomic mass is 9.91. The van der Waals surface area contributed by atoms with Crippen molar-refractivity contribution in [2.75, 3.05) is 19.7 Å². The van der Waals surface area contributed by atoms with Gasteiger partial charge in [0.25, 0.3) is 0 Å². The average molecular weight is 245 g/mol. The van der Waals surface area contributed by atoms with Crippen LogP contribution >= 0.6 is 0 Å². The Bertz CT molecular complexity index is 430. The van der Waals surface area contributed by atoms with Crippen molar-refractivity contribution in [1.82, 2.24) is 4.90 Å². The molecule has 3 heteroatoms. The second kappa shape index (κ2) is 4.73. The Morgan fingerprint density at radius 3 is 2.50 bits per heavy atom. The number of hydrogen-bond donors (Lipinski definition) is 0. The van der Waals surface area contributed by atoms with Gasteiger partial charge >= 0.3 is 5.97 Å². The van der Waals surface area contributed by atoms with Gasteiger partial charge in [0.05, 0.1) is 12.2 Å². The standard InChI is InChI=1S/C15H19NO2/c1-2-18-15(17)12-5-3-11(4-6-12)13-9-16(10-13)14-7-8-14/h3-6,13-14H,2,7-10H2,1H3. The highest BCUT2D eigenvalue weighted by Crippen LogP contribution is 2.36. The number of ether oxygens (including phenoxy) is 1. The maximum atomic E-state index is 11.5. The van der Waals surface area contributed by atoms with Gasteiger partial charge in [0.1, 0.15) is 0 Å². The molecule has 2 aliphatic rings. The first-order valence-electron chi connectivity index (χ1n) is 6.79. The maximum Gasteiger partial charge on any atom is 0.338 e. The van der Waals surface area contributed by atoms with E-state index in [2.05, 4.69) is 17.0 Å². The van der Waals surface area contributed by atoms with E-state index in [1.165, 1.54) is 31.5 Å². The molecule has 1 aromatic rings. The zero-order valence-corrected chi connectivity index (χ0v) is 10.8. The van der Waals surface area contributed by atoms with E-state index in [9.17, 15) is 4.79 Å². The molecule has 1 aliphatic heterocycles. The van der Waals surface area contributed by atoms with Gasteiger partial charge in [-0.1, -0.05) is 12.1 Å². The average Bonchev–Trinajstić information content (AvgIpc) is 3.13. The van der Waals surface area contributed by atoms with Crippen LogP contribution < -0.4 is 0 Å². The number of esters is 1. The first-order chi connectivity index (χ1) is 8.78. The van der Waals surface area contributed by atoms with Gasteiger partial charge in [0.2, 0.25) is 0 Å². The third kappa shape index (κ3) is 2.27. The van der Waals surface area contributed by atoms with E-state index in [1.54, 1.807) is 0 Å². The minimum Gasteiger partial charge on any atom is -0.462 e. The van der Waals surface area contributed by atoms with Crippen LogP contribution in [-0.2, 0) is 4.74 Å². The van der Waals surface area contributed by atoms with Crippen molar-refractivity contribution in [3.8, 4) is 0 Å². The number of nitrogens with zero attached hydrogens (tertiary/aromatic N) is 1. The molecule has 96 valence electrons. The molecule has 0 spiro atoms. The van der Waals surface area contributed by atoms with Crippen LogP contribution in [0.4, 0.5) is 0 Å². The number of carbonyl (C=O) groups excluding carboxylic acids is 1. The summed E-state index contributed by atoms with van der Waals surface area (Å²) in [6, 6.07) is 8.78. The molecule has 0 amide bonds. The molecule has 0 aromatic heterocycles. The normalized spacial score (nSPS) is 20.5. The second-order valence-corrected chi connectivity index (χ2v) is 5.22. The lowest BCUT2D eigenvalue weighted by Crippen LogP contribution is -2.46. The summed E-state index contributed by atoms with van der Waals surface area (Å²) in [4.78, 5) is 14.1. The molecule has 0 radical (unpaired) electrons. The highest BCUT2D eigenvalue weighted by molar-refractivity contribution is 5.89. The quantitative estimate of drug-likeness (QED) is 0.763. The van der Waals surface area contributed by atoms with Crippen LogP contribution in [0.25, 0.3) is 0 Å². The largest absolute Gasteiger partial charge is 0.462 e. The first kappa shape index (κ1) is 11.7. The summed E-state index contributed by atoms with van der Waals surface area (Å²) in [6.07, 6.45) is 2.77. The number of rotatable bonds is 4. The van der Waals surface area contributed by atoms with Gasteiger partial charge in [0.15, 0.2) is 0 Å². The molecule has 0 unspecified atom stereocenters. The minimum atomic E-state index is -0.225. The molecule has 18 heavy (non-hydrogen) atoms. The Balaban J connectivity index is 1.59. The fourth-order valence-corrected chi connectivity index (χ4v) is 2.57. The van der Waals surface area contributed by atoms with Gasteiger partial charge < -0.3 is 4.74 Å². The number of benzene rings is 1. The van der Waals surface area contributed by atoms with E-state index in [4.69, 9.17) is 4.74 Å². The Hall–Kier alpha value is -1.35. The molecular weight excluding hydrogens is 226 g/mol. The molecule has 1 aliphatic carbocycles. The fraction of sp³-hybridized carbons (Fsp3) is 0.533. The Kier molecular flexibility index (Phi) is 3.08. The third-order valence-electron chi connectivity index (χ3n) is 3.87. The van der Waals surface area contributed by atoms with Crippen molar-refractivity contribution in [1.29, 1.82) is 0 Å². The monoisotopic (exact) mass is 245 g/mol. The second-order valence-electron chi connectivity index (χ2n) is 5.22. The summed E-state index contributed by atoms with van der Waals surface area (Å²) in [5.74, 6) is 0.430. The van der Waals surface area contributed by atoms with Crippen LogP contribution in [0.5, 0.6) is 0 Å². The molecule has 1 aromatic carbocycles. The van der Waals surface area contributed by atoms with E-state index in [0.717, 1.165) is 6.04 Å². The molecular formula is C15H19NO2. The van der Waals surface area contributed by atoms with Crippen molar-refractivity contribution in [2.45, 2.75) is 31.7 Å². The Labute approximate surface area is 108 Å². The molecule has 1 saturated heterocycles. The predicted octanol–water partition coefficient (Wildman–Crippen LogP) is 2.42. The predicted molar refractivity (Wildman–Crippen MR) is 69.7 cm³/mol. The zero-order chi connectivity index (χ0) is 12.5. The van der Waals surface area contributed by atoms with E-state index in [-0.39, 0.29) is 5.97 Å². The van der Waals surface area contributed by atoms with E-state index >= 15 is 0 Å². The number of hydrogen-bond acceptors (Lipinski definition) is 3. The molecule has 0 bridgehead atoms. The molecule has 0 atom stereocenters. The minimum absolute atomic E-state index is 0.225. The maximum absolute atomic E-state index is 11.5. The van der Waals surface area contributed by atoms with Gasteiger partial charge in [-0.05, 0) is 37.5 Å². The third-order valence-corrected chi connectivity index (χ3v) is 3.87. The smallest absolute Gasteiger partial charge is 0.338 e. The Morgan fingerprint density at radius 1 is 1.28 bits per heavy atom. The molecule has 3 nitrogen and oxygen atoms in total. The zero-order valence-electron chi connectivity index (χ0n) is 10.8. The van der Waals surface area contributed by atoms with Gasteiger partial charge in [-0.15, -0.1) is 0 Å². The van der Waals surface area contributed by atoms with Crippen molar-refractivity contribution in [3.05, 3.63) is 35.4 Å². The van der Waals surface area contributed by atoms with Gasteiger partial charge in [-0.2, -0.15) is 0 Å². The summed E-state index contributed by atoms with van der Waals surface area (Å²) < 4.78 is 4.98. The van der Waals surface area contributed by atoms with Crippen LogP contribution in [0.1, 0.15) is 41.6 Å². The van der Waals surface area contributed by atoms with E-state index in [0.29, 0.717) is 18.1 Å². The van der Waals surface area contributed by atoms with Gasteiger partial charge in [-0.3, -0.25) is 4.90 Å². The highest BCUT2D eigenvalue weighted by Gasteiger charge is 2.38. The molecule has 3 rings (SSSR count). The van der Waals surface area contributed by atoms with E-state index in [1.807, 2.05) is 19.1 Å².